The molecule has 0 aliphatic carbocycles. The summed E-state index contributed by atoms with van der Waals surface area (Å²) in [6.45, 7) is 7.57. The SMILES string of the molecule is CCC(CC)(CC)CNC(=O)CC1CC2CCC(C1)N2.Cl. The van der Waals surface area contributed by atoms with Crippen LogP contribution in [-0.4, -0.2) is 24.5 Å². The second kappa shape index (κ2) is 8.38. The highest BCUT2D eigenvalue weighted by Gasteiger charge is 2.34. The Morgan fingerprint density at radius 1 is 1.10 bits per heavy atom. The van der Waals surface area contributed by atoms with Crippen molar-refractivity contribution in [2.24, 2.45) is 11.3 Å². The van der Waals surface area contributed by atoms with Crippen LogP contribution in [-0.2, 0) is 4.79 Å². The Morgan fingerprint density at radius 3 is 2.10 bits per heavy atom. The molecular weight excluding hydrogens is 284 g/mol. The number of nitrogens with one attached hydrogen (secondary N) is 2. The first-order chi connectivity index (χ1) is 9.60. The Kier molecular flexibility index (Phi) is 7.49. The summed E-state index contributed by atoms with van der Waals surface area (Å²) < 4.78 is 0. The maximum atomic E-state index is 12.2. The molecule has 0 aromatic heterocycles. The van der Waals surface area contributed by atoms with Crippen LogP contribution in [0.2, 0.25) is 0 Å². The fourth-order valence-corrected chi connectivity index (χ4v) is 4.09. The van der Waals surface area contributed by atoms with Crippen molar-refractivity contribution in [2.75, 3.05) is 6.54 Å². The van der Waals surface area contributed by atoms with Gasteiger partial charge < -0.3 is 10.6 Å². The number of carbonyl (C=O) groups excluding carboxylic acids is 1. The fraction of sp³-hybridized carbons (Fsp3) is 0.941. The number of hydrogen-bond donors (Lipinski definition) is 2. The van der Waals surface area contributed by atoms with Crippen LogP contribution in [0.15, 0.2) is 0 Å². The van der Waals surface area contributed by atoms with E-state index in [4.69, 9.17) is 0 Å². The quantitative estimate of drug-likeness (QED) is 0.752. The number of amides is 1. The number of fused-ring (bicyclic) bond motifs is 2. The van der Waals surface area contributed by atoms with Gasteiger partial charge in [-0.15, -0.1) is 12.4 Å². The highest BCUT2D eigenvalue weighted by atomic mass is 35.5. The van der Waals surface area contributed by atoms with E-state index in [1.165, 1.54) is 25.7 Å². The van der Waals surface area contributed by atoms with Crippen LogP contribution in [0.4, 0.5) is 0 Å². The Bertz CT molecular complexity index is 310. The van der Waals surface area contributed by atoms with Gasteiger partial charge in [0, 0.05) is 25.0 Å². The van der Waals surface area contributed by atoms with Crippen LogP contribution >= 0.6 is 12.4 Å². The molecule has 2 aliphatic heterocycles. The normalized spacial score (nSPS) is 28.0. The van der Waals surface area contributed by atoms with E-state index in [0.717, 1.165) is 32.2 Å². The van der Waals surface area contributed by atoms with Crippen molar-refractivity contribution in [3.63, 3.8) is 0 Å². The third-order valence-electron chi connectivity index (χ3n) is 5.96. The minimum atomic E-state index is 0. The van der Waals surface area contributed by atoms with Crippen molar-refractivity contribution >= 4 is 18.3 Å². The molecule has 2 rings (SSSR count). The van der Waals surface area contributed by atoms with E-state index in [2.05, 4.69) is 31.4 Å². The summed E-state index contributed by atoms with van der Waals surface area (Å²) in [6.07, 6.45) is 9.21. The van der Waals surface area contributed by atoms with E-state index in [9.17, 15) is 4.79 Å². The molecule has 2 bridgehead atoms. The zero-order chi connectivity index (χ0) is 14.6. The van der Waals surface area contributed by atoms with Gasteiger partial charge in [-0.05, 0) is 56.3 Å². The molecule has 2 N–H and O–H groups in total. The molecule has 2 fully saturated rings. The van der Waals surface area contributed by atoms with Crippen molar-refractivity contribution in [3.8, 4) is 0 Å². The number of piperidine rings is 1. The molecule has 0 aromatic rings. The van der Waals surface area contributed by atoms with Crippen LogP contribution in [0.25, 0.3) is 0 Å². The first-order valence-electron chi connectivity index (χ1n) is 8.63. The molecule has 124 valence electrons. The molecule has 4 heteroatoms. The molecule has 2 atom stereocenters. The summed E-state index contributed by atoms with van der Waals surface area (Å²) in [5.41, 5.74) is 0.308. The molecule has 0 radical (unpaired) electrons. The molecule has 21 heavy (non-hydrogen) atoms. The zero-order valence-corrected chi connectivity index (χ0v) is 14.7. The zero-order valence-electron chi connectivity index (χ0n) is 13.9. The lowest BCUT2D eigenvalue weighted by molar-refractivity contribution is -0.122. The van der Waals surface area contributed by atoms with Crippen molar-refractivity contribution in [1.82, 2.24) is 10.6 Å². The van der Waals surface area contributed by atoms with Gasteiger partial charge in [0.1, 0.15) is 0 Å². The van der Waals surface area contributed by atoms with E-state index in [1.807, 2.05) is 0 Å². The molecule has 2 aliphatic rings. The summed E-state index contributed by atoms with van der Waals surface area (Å²) in [7, 11) is 0. The van der Waals surface area contributed by atoms with Crippen molar-refractivity contribution < 1.29 is 4.79 Å². The van der Waals surface area contributed by atoms with Crippen LogP contribution in [0.3, 0.4) is 0 Å². The molecule has 3 nitrogen and oxygen atoms in total. The maximum Gasteiger partial charge on any atom is 0.220 e. The van der Waals surface area contributed by atoms with Crippen LogP contribution in [0, 0.1) is 11.3 Å². The van der Waals surface area contributed by atoms with E-state index < -0.39 is 0 Å². The van der Waals surface area contributed by atoms with Gasteiger partial charge in [-0.2, -0.15) is 0 Å². The van der Waals surface area contributed by atoms with Crippen molar-refractivity contribution in [2.45, 2.75) is 84.2 Å². The van der Waals surface area contributed by atoms with Gasteiger partial charge in [-0.3, -0.25) is 4.79 Å². The van der Waals surface area contributed by atoms with Crippen LogP contribution in [0.1, 0.15) is 72.1 Å². The summed E-state index contributed by atoms with van der Waals surface area (Å²) in [4.78, 5) is 12.2. The average Bonchev–Trinajstić information content (AvgIpc) is 2.80. The maximum absolute atomic E-state index is 12.2. The largest absolute Gasteiger partial charge is 0.356 e. The van der Waals surface area contributed by atoms with E-state index >= 15 is 0 Å². The smallest absolute Gasteiger partial charge is 0.220 e. The third-order valence-corrected chi connectivity index (χ3v) is 5.96. The first-order valence-corrected chi connectivity index (χ1v) is 8.63. The molecule has 2 unspecified atom stereocenters. The summed E-state index contributed by atoms with van der Waals surface area (Å²) in [5, 5.41) is 6.86. The van der Waals surface area contributed by atoms with E-state index in [1.54, 1.807) is 0 Å². The van der Waals surface area contributed by atoms with Crippen molar-refractivity contribution in [1.29, 1.82) is 0 Å². The van der Waals surface area contributed by atoms with Gasteiger partial charge in [-0.1, -0.05) is 20.8 Å². The minimum absolute atomic E-state index is 0. The van der Waals surface area contributed by atoms with E-state index in [0.29, 0.717) is 23.4 Å². The molecule has 1 amide bonds. The number of hydrogen-bond acceptors (Lipinski definition) is 2. The number of carbonyl (C=O) groups is 1. The molecule has 2 saturated heterocycles. The highest BCUT2D eigenvalue weighted by molar-refractivity contribution is 5.85. The van der Waals surface area contributed by atoms with Gasteiger partial charge in [-0.25, -0.2) is 0 Å². The standard InChI is InChI=1S/C17H32N2O.ClH/c1-4-17(5-2,6-3)12-18-16(20)11-13-9-14-7-8-15(10-13)19-14;/h13-15,19H,4-12H2,1-3H3,(H,18,20);1H. The monoisotopic (exact) mass is 316 g/mol. The minimum Gasteiger partial charge on any atom is -0.356 e. The van der Waals surface area contributed by atoms with Crippen LogP contribution < -0.4 is 10.6 Å². The van der Waals surface area contributed by atoms with Gasteiger partial charge >= 0.3 is 0 Å². The molecule has 0 saturated carbocycles. The third kappa shape index (κ3) is 4.85. The lowest BCUT2D eigenvalue weighted by Gasteiger charge is -2.32. The number of rotatable bonds is 7. The van der Waals surface area contributed by atoms with Gasteiger partial charge in [0.25, 0.3) is 0 Å². The highest BCUT2D eigenvalue weighted by Crippen LogP contribution is 2.33. The lowest BCUT2D eigenvalue weighted by Crippen LogP contribution is -2.41. The first kappa shape index (κ1) is 18.8. The van der Waals surface area contributed by atoms with Gasteiger partial charge in [0.05, 0.1) is 0 Å². The molecule has 0 spiro atoms. The van der Waals surface area contributed by atoms with Crippen molar-refractivity contribution in [3.05, 3.63) is 0 Å². The summed E-state index contributed by atoms with van der Waals surface area (Å²) in [6, 6.07) is 1.38. The molecular formula is C17H33ClN2O. The predicted octanol–water partition coefficient (Wildman–Crippen LogP) is 3.66. The summed E-state index contributed by atoms with van der Waals surface area (Å²) >= 11 is 0. The predicted molar refractivity (Wildman–Crippen MR) is 90.9 cm³/mol. The van der Waals surface area contributed by atoms with Gasteiger partial charge in [0.2, 0.25) is 5.91 Å². The summed E-state index contributed by atoms with van der Waals surface area (Å²) in [5.74, 6) is 0.879. The molecule has 0 aromatic carbocycles. The second-order valence-electron chi connectivity index (χ2n) is 7.02. The van der Waals surface area contributed by atoms with Crippen LogP contribution in [0.5, 0.6) is 0 Å². The van der Waals surface area contributed by atoms with E-state index in [-0.39, 0.29) is 18.3 Å². The Hall–Kier alpha value is -0.280. The second-order valence-corrected chi connectivity index (χ2v) is 7.02. The molecule has 2 heterocycles. The number of halogens is 1. The lowest BCUT2D eigenvalue weighted by atomic mass is 9.79. The Labute approximate surface area is 136 Å². The fourth-order valence-electron chi connectivity index (χ4n) is 4.09. The topological polar surface area (TPSA) is 41.1 Å². The van der Waals surface area contributed by atoms with Gasteiger partial charge in [0.15, 0.2) is 0 Å². The average molecular weight is 317 g/mol. The Morgan fingerprint density at radius 2 is 1.62 bits per heavy atom. The Balaban J connectivity index is 0.00000220.